The third kappa shape index (κ3) is 4.19. The minimum Gasteiger partial charge on any atom is -0.468 e. The first-order valence-corrected chi connectivity index (χ1v) is 11.5. The fourth-order valence-electron chi connectivity index (χ4n) is 4.66. The lowest BCUT2D eigenvalue weighted by molar-refractivity contribution is 0.207. The lowest BCUT2D eigenvalue weighted by Crippen LogP contribution is -2.37. The summed E-state index contributed by atoms with van der Waals surface area (Å²) in [6.07, 6.45) is 3.80. The molecular weight excluding hydrogens is 380 g/mol. The molecule has 2 atom stereocenters. The first kappa shape index (κ1) is 20.4. The van der Waals surface area contributed by atoms with Crippen LogP contribution in [0.2, 0.25) is 0 Å². The van der Waals surface area contributed by atoms with Gasteiger partial charge in [0.05, 0.1) is 10.7 Å². The Morgan fingerprint density at radius 1 is 1.41 bits per heavy atom. The van der Waals surface area contributed by atoms with Gasteiger partial charge >= 0.3 is 0 Å². The van der Waals surface area contributed by atoms with Gasteiger partial charge in [-0.1, -0.05) is 36.9 Å². The van der Waals surface area contributed by atoms with Gasteiger partial charge in [-0.15, -0.1) is 11.8 Å². The van der Waals surface area contributed by atoms with Crippen molar-refractivity contribution < 1.29 is 4.74 Å². The molecule has 29 heavy (non-hydrogen) atoms. The Morgan fingerprint density at radius 2 is 2.21 bits per heavy atom. The molecule has 156 valence electrons. The number of likely N-dealkylation sites (tertiary alicyclic amines) is 1. The second-order valence-corrected chi connectivity index (χ2v) is 9.56. The van der Waals surface area contributed by atoms with Gasteiger partial charge in [-0.05, 0) is 50.8 Å². The minimum absolute atomic E-state index is 0.368. The number of allylic oxidation sites excluding steroid dienone is 1. The van der Waals surface area contributed by atoms with Crippen LogP contribution in [0.1, 0.15) is 31.7 Å². The molecule has 1 aliphatic carbocycles. The number of benzene rings is 1. The van der Waals surface area contributed by atoms with E-state index in [1.54, 1.807) is 17.3 Å². The predicted octanol–water partition coefficient (Wildman–Crippen LogP) is 3.96. The summed E-state index contributed by atoms with van der Waals surface area (Å²) in [5.41, 5.74) is 2.94. The van der Waals surface area contributed by atoms with Crippen molar-refractivity contribution >= 4 is 17.6 Å². The maximum Gasteiger partial charge on any atom is 0.182 e. The predicted molar refractivity (Wildman–Crippen MR) is 121 cm³/mol. The summed E-state index contributed by atoms with van der Waals surface area (Å²) in [5, 5.41) is 12.3. The number of thioether (sulfide) groups is 1. The van der Waals surface area contributed by atoms with Gasteiger partial charge in [-0.2, -0.15) is 0 Å². The second-order valence-electron chi connectivity index (χ2n) is 8.40. The highest BCUT2D eigenvalue weighted by Gasteiger charge is 2.57. The van der Waals surface area contributed by atoms with Crippen molar-refractivity contribution in [2.24, 2.45) is 5.92 Å². The Morgan fingerprint density at radius 3 is 2.90 bits per heavy atom. The van der Waals surface area contributed by atoms with Gasteiger partial charge < -0.3 is 19.9 Å². The summed E-state index contributed by atoms with van der Waals surface area (Å²) in [7, 11) is 1.89. The second kappa shape index (κ2) is 8.44. The monoisotopic (exact) mass is 412 g/mol. The number of rotatable bonds is 8. The number of nitrogens with one attached hydrogen (secondary N) is 2. The minimum atomic E-state index is 0.368. The Hall–Kier alpha value is -1.92. The van der Waals surface area contributed by atoms with Gasteiger partial charge in [0.1, 0.15) is 0 Å². The first-order valence-electron chi connectivity index (χ1n) is 10.5. The quantitative estimate of drug-likeness (QED) is 0.384. The molecule has 2 heterocycles. The molecule has 0 spiro atoms. The van der Waals surface area contributed by atoms with E-state index in [-0.39, 0.29) is 0 Å². The first-order chi connectivity index (χ1) is 14.0. The standard InChI is InChI=1S/C23H32N4OS/c1-17-21(28-16-25-17)22(24)26(3)18(2)29-13-7-11-27-12-10-23(14-20(23)15-27)19-8-5-4-6-9-19/h4-6,8-9,20,24-25H,2,7,10-16H2,1,3H3/t20?,23-/m1/s1. The molecule has 4 rings (SSSR count). The Balaban J connectivity index is 1.17. The van der Waals surface area contributed by atoms with Gasteiger partial charge in [0.15, 0.2) is 18.3 Å². The molecule has 6 heteroatoms. The maximum atomic E-state index is 8.33. The maximum absolute atomic E-state index is 8.33. The highest BCUT2D eigenvalue weighted by atomic mass is 32.2. The molecule has 1 saturated carbocycles. The molecule has 2 fully saturated rings. The molecule has 0 amide bonds. The highest BCUT2D eigenvalue weighted by molar-refractivity contribution is 8.02. The zero-order valence-corrected chi connectivity index (χ0v) is 18.4. The summed E-state index contributed by atoms with van der Waals surface area (Å²) in [6, 6.07) is 11.1. The van der Waals surface area contributed by atoms with Crippen LogP contribution >= 0.6 is 11.8 Å². The van der Waals surface area contributed by atoms with Crippen LogP contribution < -0.4 is 5.32 Å². The molecular formula is C23H32N4OS. The zero-order chi connectivity index (χ0) is 20.4. The Labute approximate surface area is 178 Å². The molecule has 2 aliphatic heterocycles. The zero-order valence-electron chi connectivity index (χ0n) is 17.5. The molecule has 1 aromatic carbocycles. The summed E-state index contributed by atoms with van der Waals surface area (Å²) >= 11 is 1.73. The number of nitrogens with zero attached hydrogens (tertiary/aromatic N) is 2. The average molecular weight is 413 g/mol. The van der Waals surface area contributed by atoms with Crippen LogP contribution in [0.25, 0.3) is 0 Å². The van der Waals surface area contributed by atoms with Crippen molar-refractivity contribution in [3.05, 3.63) is 59.0 Å². The molecule has 1 aromatic rings. The summed E-state index contributed by atoms with van der Waals surface area (Å²) < 4.78 is 5.50. The summed E-state index contributed by atoms with van der Waals surface area (Å²) in [5.74, 6) is 2.85. The Kier molecular flexibility index (Phi) is 5.93. The van der Waals surface area contributed by atoms with Crippen molar-refractivity contribution in [3.8, 4) is 0 Å². The molecule has 0 radical (unpaired) electrons. The van der Waals surface area contributed by atoms with E-state index in [2.05, 4.69) is 47.1 Å². The number of hydrogen-bond acceptors (Lipinski definition) is 5. The van der Waals surface area contributed by atoms with Crippen molar-refractivity contribution in [2.45, 2.75) is 31.6 Å². The van der Waals surface area contributed by atoms with Gasteiger partial charge in [-0.25, -0.2) is 0 Å². The number of ether oxygens (including phenoxy) is 1. The van der Waals surface area contributed by atoms with Gasteiger partial charge in [0, 0.05) is 24.8 Å². The SMILES string of the molecule is C=C(SCCCN1CC[C@]2(c3ccccc3)CC2C1)N(C)C(=N)C1=C(C)NCO1. The van der Waals surface area contributed by atoms with E-state index in [0.717, 1.165) is 35.4 Å². The number of likely N-dealkylation sites (N-methyl/N-ethyl adjacent to an activating group) is 1. The molecule has 3 aliphatic rings. The van der Waals surface area contributed by atoms with Crippen LogP contribution in [0.3, 0.4) is 0 Å². The third-order valence-corrected chi connectivity index (χ3v) is 7.74. The van der Waals surface area contributed by atoms with Crippen molar-refractivity contribution in [2.75, 3.05) is 39.2 Å². The van der Waals surface area contributed by atoms with Crippen LogP contribution in [-0.4, -0.2) is 54.8 Å². The van der Waals surface area contributed by atoms with E-state index < -0.39 is 0 Å². The fraction of sp³-hybridized carbons (Fsp3) is 0.522. The van der Waals surface area contributed by atoms with Crippen LogP contribution in [0.4, 0.5) is 0 Å². The van der Waals surface area contributed by atoms with Gasteiger partial charge in [-0.3, -0.25) is 5.41 Å². The van der Waals surface area contributed by atoms with E-state index in [1.165, 1.54) is 25.9 Å². The smallest absolute Gasteiger partial charge is 0.182 e. The van der Waals surface area contributed by atoms with E-state index in [9.17, 15) is 0 Å². The molecule has 0 bridgehead atoms. The van der Waals surface area contributed by atoms with Crippen molar-refractivity contribution in [1.29, 1.82) is 5.41 Å². The topological polar surface area (TPSA) is 51.6 Å². The van der Waals surface area contributed by atoms with E-state index >= 15 is 0 Å². The van der Waals surface area contributed by atoms with Crippen molar-refractivity contribution in [3.63, 3.8) is 0 Å². The van der Waals surface area contributed by atoms with E-state index in [4.69, 9.17) is 10.1 Å². The lowest BCUT2D eigenvalue weighted by Gasteiger charge is -2.32. The van der Waals surface area contributed by atoms with Crippen LogP contribution in [0, 0.1) is 11.3 Å². The molecule has 1 unspecified atom stereocenters. The van der Waals surface area contributed by atoms with Crippen LogP contribution in [-0.2, 0) is 10.2 Å². The number of amidine groups is 1. The molecule has 0 aromatic heterocycles. The number of hydrogen-bond donors (Lipinski definition) is 2. The molecule has 1 saturated heterocycles. The summed E-state index contributed by atoms with van der Waals surface area (Å²) in [6.45, 7) is 10.1. The summed E-state index contributed by atoms with van der Waals surface area (Å²) in [4.78, 5) is 4.45. The fourth-order valence-corrected chi connectivity index (χ4v) is 5.45. The van der Waals surface area contributed by atoms with Crippen LogP contribution in [0.5, 0.6) is 0 Å². The third-order valence-electron chi connectivity index (χ3n) is 6.64. The number of fused-ring (bicyclic) bond motifs is 1. The lowest BCUT2D eigenvalue weighted by atomic mass is 9.87. The van der Waals surface area contributed by atoms with Crippen molar-refractivity contribution in [1.82, 2.24) is 15.1 Å². The van der Waals surface area contributed by atoms with Crippen LogP contribution in [0.15, 0.2) is 53.4 Å². The Bertz CT molecular complexity index is 808. The van der Waals surface area contributed by atoms with E-state index in [1.807, 2.05) is 18.9 Å². The average Bonchev–Trinajstić information content (AvgIpc) is 3.34. The largest absolute Gasteiger partial charge is 0.468 e. The number of piperidine rings is 1. The van der Waals surface area contributed by atoms with Gasteiger partial charge in [0.2, 0.25) is 0 Å². The van der Waals surface area contributed by atoms with E-state index in [0.29, 0.717) is 23.7 Å². The normalized spacial score (nSPS) is 25.8. The highest BCUT2D eigenvalue weighted by Crippen LogP contribution is 2.59. The van der Waals surface area contributed by atoms with Gasteiger partial charge in [0.25, 0.3) is 0 Å². The molecule has 2 N–H and O–H groups in total. The molecule has 5 nitrogen and oxygen atoms in total.